The first-order chi connectivity index (χ1) is 13.5. The van der Waals surface area contributed by atoms with E-state index >= 15 is 0 Å². The van der Waals surface area contributed by atoms with E-state index in [1.165, 1.54) is 0 Å². The number of nitrogens with one attached hydrogen (secondary N) is 2. The van der Waals surface area contributed by atoms with E-state index in [0.29, 0.717) is 42.4 Å². The molecule has 0 saturated carbocycles. The quantitative estimate of drug-likeness (QED) is 0.399. The molecule has 2 aromatic rings. The fourth-order valence-corrected chi connectivity index (χ4v) is 2.46. The summed E-state index contributed by atoms with van der Waals surface area (Å²) in [4.78, 5) is 24.2. The second-order valence-electron chi connectivity index (χ2n) is 5.54. The highest BCUT2D eigenvalue weighted by Gasteiger charge is 2.14. The van der Waals surface area contributed by atoms with E-state index in [9.17, 15) is 9.59 Å². The van der Waals surface area contributed by atoms with E-state index in [1.54, 1.807) is 62.6 Å². The molecule has 0 aromatic heterocycles. The maximum Gasteiger partial charge on any atom is 0.338 e. The zero-order valence-corrected chi connectivity index (χ0v) is 16.5. The highest BCUT2D eigenvalue weighted by Crippen LogP contribution is 2.18. The van der Waals surface area contributed by atoms with E-state index in [0.717, 1.165) is 0 Å². The van der Waals surface area contributed by atoms with Crippen molar-refractivity contribution < 1.29 is 23.8 Å². The molecule has 8 heteroatoms. The summed E-state index contributed by atoms with van der Waals surface area (Å²) >= 11 is 5.19. The van der Waals surface area contributed by atoms with Crippen LogP contribution < -0.4 is 15.4 Å². The normalized spacial score (nSPS) is 10.1. The smallest absolute Gasteiger partial charge is 0.338 e. The van der Waals surface area contributed by atoms with Crippen molar-refractivity contribution in [1.82, 2.24) is 5.32 Å². The zero-order valence-electron chi connectivity index (χ0n) is 15.7. The van der Waals surface area contributed by atoms with Crippen molar-refractivity contribution in [2.45, 2.75) is 6.92 Å². The fourth-order valence-electron chi connectivity index (χ4n) is 2.25. The number of hydrogen-bond donors (Lipinski definition) is 2. The van der Waals surface area contributed by atoms with Crippen LogP contribution >= 0.6 is 12.2 Å². The Morgan fingerprint density at radius 2 is 1.75 bits per heavy atom. The zero-order chi connectivity index (χ0) is 20.4. The number of carbonyl (C=O) groups is 2. The van der Waals surface area contributed by atoms with Crippen molar-refractivity contribution in [3.8, 4) is 5.75 Å². The SMILES string of the molecule is CCOC(=O)c1ccc(NC(=S)NC(=O)c2ccccc2OCCOC)cc1. The Morgan fingerprint density at radius 1 is 1.04 bits per heavy atom. The first kappa shape index (κ1) is 21.3. The van der Waals surface area contributed by atoms with Gasteiger partial charge >= 0.3 is 5.97 Å². The Morgan fingerprint density at radius 3 is 2.43 bits per heavy atom. The molecule has 0 heterocycles. The topological polar surface area (TPSA) is 85.9 Å². The van der Waals surface area contributed by atoms with Gasteiger partial charge in [-0.1, -0.05) is 12.1 Å². The van der Waals surface area contributed by atoms with Crippen molar-refractivity contribution in [2.24, 2.45) is 0 Å². The summed E-state index contributed by atoms with van der Waals surface area (Å²) in [5.41, 5.74) is 1.42. The minimum absolute atomic E-state index is 0.126. The summed E-state index contributed by atoms with van der Waals surface area (Å²) < 4.78 is 15.4. The molecule has 7 nitrogen and oxygen atoms in total. The summed E-state index contributed by atoms with van der Waals surface area (Å²) in [6.07, 6.45) is 0. The van der Waals surface area contributed by atoms with Crippen LogP contribution in [0.5, 0.6) is 5.75 Å². The van der Waals surface area contributed by atoms with Gasteiger partial charge in [-0.25, -0.2) is 4.79 Å². The minimum atomic E-state index is -0.395. The molecule has 28 heavy (non-hydrogen) atoms. The van der Waals surface area contributed by atoms with Crippen LogP contribution in [0.2, 0.25) is 0 Å². The molecule has 0 saturated heterocycles. The van der Waals surface area contributed by atoms with Crippen molar-refractivity contribution >= 4 is 34.9 Å². The molecule has 0 aliphatic carbocycles. The van der Waals surface area contributed by atoms with Gasteiger partial charge in [0.2, 0.25) is 0 Å². The van der Waals surface area contributed by atoms with Crippen molar-refractivity contribution in [1.29, 1.82) is 0 Å². The molecule has 1 amide bonds. The van der Waals surface area contributed by atoms with Crippen LogP contribution in [0, 0.1) is 0 Å². The first-order valence-electron chi connectivity index (χ1n) is 8.65. The van der Waals surface area contributed by atoms with Gasteiger partial charge in [0.25, 0.3) is 5.91 Å². The van der Waals surface area contributed by atoms with Crippen LogP contribution in [0.4, 0.5) is 5.69 Å². The Balaban J connectivity index is 1.96. The Labute approximate surface area is 169 Å². The lowest BCUT2D eigenvalue weighted by atomic mass is 10.2. The summed E-state index contributed by atoms with van der Waals surface area (Å²) in [6.45, 7) is 2.80. The Hall–Kier alpha value is -2.97. The van der Waals surface area contributed by atoms with E-state index in [1.807, 2.05) is 0 Å². The molecule has 2 rings (SSSR count). The second-order valence-corrected chi connectivity index (χ2v) is 5.95. The molecule has 0 bridgehead atoms. The van der Waals surface area contributed by atoms with Crippen molar-refractivity contribution in [3.63, 3.8) is 0 Å². The first-order valence-corrected chi connectivity index (χ1v) is 9.06. The Bertz CT molecular complexity index is 824. The van der Waals surface area contributed by atoms with Crippen LogP contribution in [-0.2, 0) is 9.47 Å². The van der Waals surface area contributed by atoms with E-state index in [4.69, 9.17) is 26.4 Å². The predicted molar refractivity (Wildman–Crippen MR) is 110 cm³/mol. The van der Waals surface area contributed by atoms with E-state index in [-0.39, 0.29) is 5.11 Å². The second kappa shape index (κ2) is 11.0. The van der Waals surface area contributed by atoms with Gasteiger partial charge in [0.15, 0.2) is 5.11 Å². The molecule has 148 valence electrons. The standard InChI is InChI=1S/C20H22N2O5S/c1-3-26-19(24)14-8-10-15(11-9-14)21-20(28)22-18(23)16-6-4-5-7-17(16)27-13-12-25-2/h4-11H,3,12-13H2,1-2H3,(H2,21,22,23,28). The number of para-hydroxylation sites is 1. The van der Waals surface area contributed by atoms with Gasteiger partial charge in [0, 0.05) is 12.8 Å². The summed E-state index contributed by atoms with van der Waals surface area (Å²) in [7, 11) is 1.57. The van der Waals surface area contributed by atoms with Gasteiger partial charge in [0.05, 0.1) is 24.3 Å². The lowest BCUT2D eigenvalue weighted by molar-refractivity contribution is 0.0526. The molecule has 2 aromatic carbocycles. The molecule has 0 aliphatic rings. The predicted octanol–water partition coefficient (Wildman–Crippen LogP) is 3.02. The van der Waals surface area contributed by atoms with Gasteiger partial charge in [-0.05, 0) is 55.5 Å². The third-order valence-corrected chi connectivity index (χ3v) is 3.76. The highest BCUT2D eigenvalue weighted by atomic mass is 32.1. The largest absolute Gasteiger partial charge is 0.490 e. The average molecular weight is 402 g/mol. The molecule has 0 atom stereocenters. The fraction of sp³-hybridized carbons (Fsp3) is 0.250. The average Bonchev–Trinajstić information content (AvgIpc) is 2.69. The molecule has 2 N–H and O–H groups in total. The highest BCUT2D eigenvalue weighted by molar-refractivity contribution is 7.80. The number of benzene rings is 2. The number of carbonyl (C=O) groups excluding carboxylic acids is 2. The summed E-state index contributed by atoms with van der Waals surface area (Å²) in [5.74, 6) is -0.345. The van der Waals surface area contributed by atoms with Gasteiger partial charge in [0.1, 0.15) is 12.4 Å². The summed E-state index contributed by atoms with van der Waals surface area (Å²) in [5, 5.41) is 5.64. The van der Waals surface area contributed by atoms with Gasteiger partial charge < -0.3 is 19.5 Å². The molecular formula is C20H22N2O5S. The van der Waals surface area contributed by atoms with Gasteiger partial charge in [-0.2, -0.15) is 0 Å². The molecular weight excluding hydrogens is 380 g/mol. The monoisotopic (exact) mass is 402 g/mol. The maximum atomic E-state index is 12.5. The third kappa shape index (κ3) is 6.33. The van der Waals surface area contributed by atoms with E-state index < -0.39 is 11.9 Å². The van der Waals surface area contributed by atoms with Gasteiger partial charge in [-0.15, -0.1) is 0 Å². The summed E-state index contributed by atoms with van der Waals surface area (Å²) in [6, 6.07) is 13.4. The molecule has 0 fully saturated rings. The van der Waals surface area contributed by atoms with Crippen molar-refractivity contribution in [2.75, 3.05) is 32.2 Å². The maximum absolute atomic E-state index is 12.5. The molecule has 0 spiro atoms. The van der Waals surface area contributed by atoms with Crippen molar-refractivity contribution in [3.05, 3.63) is 59.7 Å². The third-order valence-electron chi connectivity index (χ3n) is 3.56. The molecule has 0 aliphatic heterocycles. The number of thiocarbonyl (C=S) groups is 1. The number of rotatable bonds is 8. The minimum Gasteiger partial charge on any atom is -0.490 e. The molecule has 0 radical (unpaired) electrons. The number of ether oxygens (including phenoxy) is 3. The van der Waals surface area contributed by atoms with Gasteiger partial charge in [-0.3, -0.25) is 10.1 Å². The van der Waals surface area contributed by atoms with Crippen LogP contribution in [0.3, 0.4) is 0 Å². The van der Waals surface area contributed by atoms with Crippen LogP contribution in [0.1, 0.15) is 27.6 Å². The van der Waals surface area contributed by atoms with Crippen LogP contribution in [-0.4, -0.2) is 43.9 Å². The van der Waals surface area contributed by atoms with Crippen LogP contribution in [0.15, 0.2) is 48.5 Å². The number of methoxy groups -OCH3 is 1. The number of hydrogen-bond acceptors (Lipinski definition) is 6. The number of esters is 1. The van der Waals surface area contributed by atoms with E-state index in [2.05, 4.69) is 10.6 Å². The lowest BCUT2D eigenvalue weighted by Gasteiger charge is -2.13. The molecule has 0 unspecified atom stereocenters. The number of anilines is 1. The Kier molecular flexibility index (Phi) is 8.38. The lowest BCUT2D eigenvalue weighted by Crippen LogP contribution is -2.34. The van der Waals surface area contributed by atoms with Crippen LogP contribution in [0.25, 0.3) is 0 Å². The number of amides is 1.